The van der Waals surface area contributed by atoms with Crippen molar-refractivity contribution in [2.24, 2.45) is 0 Å². The molecule has 226 valence electrons. The van der Waals surface area contributed by atoms with E-state index in [0.29, 0.717) is 48.4 Å². The predicted molar refractivity (Wildman–Crippen MR) is 172 cm³/mol. The molecule has 4 aromatic rings. The summed E-state index contributed by atoms with van der Waals surface area (Å²) in [4.78, 5) is 58.2. The van der Waals surface area contributed by atoms with Gasteiger partial charge in [0.25, 0.3) is 23.6 Å². The van der Waals surface area contributed by atoms with Gasteiger partial charge in [-0.25, -0.2) is 0 Å². The maximum atomic E-state index is 13.4. The zero-order chi connectivity index (χ0) is 31.2. The van der Waals surface area contributed by atoms with E-state index in [9.17, 15) is 19.2 Å². The number of rotatable bonds is 11. The van der Waals surface area contributed by atoms with Crippen LogP contribution in [-0.4, -0.2) is 82.6 Å². The molecule has 1 N–H and O–H groups in total. The first-order valence-corrected chi connectivity index (χ1v) is 15.3. The van der Waals surface area contributed by atoms with Gasteiger partial charge in [-0.15, -0.1) is 0 Å². The van der Waals surface area contributed by atoms with E-state index in [1.165, 1.54) is 9.80 Å². The summed E-state index contributed by atoms with van der Waals surface area (Å²) in [5.74, 6) is -1.01. The molecule has 0 unspecified atom stereocenters. The number of carbonyl (C=O) groups excluding carboxylic acids is 4. The lowest BCUT2D eigenvalue weighted by Gasteiger charge is -2.43. The topological polar surface area (TPSA) is 90.0 Å². The minimum atomic E-state index is -0.256. The van der Waals surface area contributed by atoms with Crippen LogP contribution in [-0.2, 0) is 0 Å². The fourth-order valence-corrected chi connectivity index (χ4v) is 6.89. The first-order valence-electron chi connectivity index (χ1n) is 15.3. The maximum Gasteiger partial charge on any atom is 0.261 e. The highest BCUT2D eigenvalue weighted by molar-refractivity contribution is 6.26. The van der Waals surface area contributed by atoms with Gasteiger partial charge in [-0.05, 0) is 75.7 Å². The van der Waals surface area contributed by atoms with E-state index in [-0.39, 0.29) is 41.8 Å². The fourth-order valence-electron chi connectivity index (χ4n) is 6.89. The van der Waals surface area contributed by atoms with Gasteiger partial charge in [-0.1, -0.05) is 48.5 Å². The van der Waals surface area contributed by atoms with Crippen LogP contribution in [0, 0.1) is 0 Å². The van der Waals surface area contributed by atoms with Gasteiger partial charge in [0.15, 0.2) is 0 Å². The highest BCUT2D eigenvalue weighted by Gasteiger charge is 2.35. The molecule has 44 heavy (non-hydrogen) atoms. The van der Waals surface area contributed by atoms with Crippen LogP contribution in [0.25, 0.3) is 21.5 Å². The minimum Gasteiger partial charge on any atom is -0.315 e. The van der Waals surface area contributed by atoms with Crippen molar-refractivity contribution in [2.75, 3.05) is 32.7 Å². The smallest absolute Gasteiger partial charge is 0.261 e. The van der Waals surface area contributed by atoms with Gasteiger partial charge < -0.3 is 5.32 Å². The van der Waals surface area contributed by atoms with Gasteiger partial charge in [0.2, 0.25) is 0 Å². The molecule has 0 aliphatic carbocycles. The Morgan fingerprint density at radius 2 is 1.05 bits per heavy atom. The van der Waals surface area contributed by atoms with Crippen LogP contribution in [0.2, 0.25) is 0 Å². The molecule has 2 heterocycles. The molecule has 4 amide bonds. The molecule has 0 bridgehead atoms. The standard InChI is InChI=1S/C36H38N4O4/c1-23(2)40(22-21-39-34(43)28-15-7-11-25-12-8-16-29(31(25)28)35(39)44)36(3,4)17-18-37-19-20-38-32(41)26-13-5-9-24-10-6-14-27(30(24)26)33(38)42/h5-16,23,37H,17-22H2,1-4H3. The number of benzene rings is 4. The van der Waals surface area contributed by atoms with E-state index in [1.807, 2.05) is 48.5 Å². The third kappa shape index (κ3) is 5.08. The Balaban J connectivity index is 1.05. The number of nitrogens with one attached hydrogen (secondary N) is 1. The number of hydrogen-bond acceptors (Lipinski definition) is 6. The van der Waals surface area contributed by atoms with Crippen LogP contribution in [0.5, 0.6) is 0 Å². The molecule has 0 spiro atoms. The van der Waals surface area contributed by atoms with Crippen molar-refractivity contribution in [1.82, 2.24) is 20.0 Å². The van der Waals surface area contributed by atoms with Crippen LogP contribution in [0.4, 0.5) is 0 Å². The summed E-state index contributed by atoms with van der Waals surface area (Å²) in [5, 5.41) is 6.69. The Morgan fingerprint density at radius 3 is 1.45 bits per heavy atom. The lowest BCUT2D eigenvalue weighted by Crippen LogP contribution is -2.53. The van der Waals surface area contributed by atoms with Gasteiger partial charge in [0.1, 0.15) is 0 Å². The SMILES string of the molecule is CC(C)N(CCN1C(=O)c2cccc3cccc(c23)C1=O)C(C)(C)CCNCCN1C(=O)c2cccc3cccc(c23)C1=O. The van der Waals surface area contributed by atoms with Crippen LogP contribution >= 0.6 is 0 Å². The van der Waals surface area contributed by atoms with E-state index in [4.69, 9.17) is 0 Å². The Morgan fingerprint density at radius 1 is 0.636 bits per heavy atom. The Hall–Kier alpha value is -4.40. The Bertz CT molecular complexity index is 1710. The zero-order valence-electron chi connectivity index (χ0n) is 25.7. The lowest BCUT2D eigenvalue weighted by molar-refractivity contribution is 0.0459. The van der Waals surface area contributed by atoms with E-state index >= 15 is 0 Å². The summed E-state index contributed by atoms with van der Waals surface area (Å²) in [5.41, 5.74) is 2.03. The Labute approximate surface area is 257 Å². The van der Waals surface area contributed by atoms with Gasteiger partial charge in [0.05, 0.1) is 0 Å². The average molecular weight is 591 g/mol. The van der Waals surface area contributed by atoms with Crippen LogP contribution in [0.1, 0.15) is 75.5 Å². The first-order chi connectivity index (χ1) is 21.1. The van der Waals surface area contributed by atoms with Crippen molar-refractivity contribution >= 4 is 45.2 Å². The van der Waals surface area contributed by atoms with E-state index in [2.05, 4.69) is 37.9 Å². The summed E-state index contributed by atoms with van der Waals surface area (Å²) < 4.78 is 0. The minimum absolute atomic E-state index is 0.182. The number of imide groups is 2. The Kier molecular flexibility index (Phi) is 7.82. The molecule has 0 atom stereocenters. The van der Waals surface area contributed by atoms with Gasteiger partial charge in [-0.3, -0.25) is 33.9 Å². The molecule has 4 aromatic carbocycles. The van der Waals surface area contributed by atoms with E-state index in [0.717, 1.165) is 28.0 Å². The molecule has 0 saturated carbocycles. The molecule has 2 aliphatic rings. The normalized spacial score (nSPS) is 15.0. The first kappa shape index (κ1) is 29.7. The summed E-state index contributed by atoms with van der Waals surface area (Å²) >= 11 is 0. The van der Waals surface area contributed by atoms with Crippen LogP contribution < -0.4 is 5.32 Å². The van der Waals surface area contributed by atoms with Gasteiger partial charge in [0, 0.05) is 70.8 Å². The molecular weight excluding hydrogens is 552 g/mol. The molecule has 8 nitrogen and oxygen atoms in total. The highest BCUT2D eigenvalue weighted by atomic mass is 16.2. The van der Waals surface area contributed by atoms with Crippen molar-refractivity contribution < 1.29 is 19.2 Å². The van der Waals surface area contributed by atoms with Crippen molar-refractivity contribution in [3.8, 4) is 0 Å². The van der Waals surface area contributed by atoms with Crippen molar-refractivity contribution in [2.45, 2.75) is 45.7 Å². The average Bonchev–Trinajstić information content (AvgIpc) is 3.01. The number of nitrogens with zero attached hydrogens (tertiary/aromatic N) is 3. The van der Waals surface area contributed by atoms with Crippen molar-refractivity contribution in [1.29, 1.82) is 0 Å². The summed E-state index contributed by atoms with van der Waals surface area (Å²) in [6, 6.07) is 22.5. The molecular formula is C36H38N4O4. The summed E-state index contributed by atoms with van der Waals surface area (Å²) in [6.07, 6.45) is 0.791. The highest BCUT2D eigenvalue weighted by Crippen LogP contribution is 2.31. The molecule has 0 fully saturated rings. The van der Waals surface area contributed by atoms with Gasteiger partial charge in [-0.2, -0.15) is 0 Å². The molecule has 6 rings (SSSR count). The second kappa shape index (κ2) is 11.6. The van der Waals surface area contributed by atoms with Crippen molar-refractivity contribution in [3.05, 3.63) is 95.1 Å². The third-order valence-electron chi connectivity index (χ3n) is 9.10. The number of amides is 4. The lowest BCUT2D eigenvalue weighted by atomic mass is 9.93. The predicted octanol–water partition coefficient (Wildman–Crippen LogP) is 5.35. The third-order valence-corrected chi connectivity index (χ3v) is 9.10. The molecule has 0 saturated heterocycles. The second-order valence-corrected chi connectivity index (χ2v) is 12.5. The van der Waals surface area contributed by atoms with Crippen LogP contribution in [0.3, 0.4) is 0 Å². The van der Waals surface area contributed by atoms with Gasteiger partial charge >= 0.3 is 0 Å². The monoisotopic (exact) mass is 590 g/mol. The number of carbonyl (C=O) groups is 4. The maximum absolute atomic E-state index is 13.4. The molecule has 0 aromatic heterocycles. The fraction of sp³-hybridized carbons (Fsp3) is 0.333. The summed E-state index contributed by atoms with van der Waals surface area (Å²) in [6.45, 7) is 10.9. The molecule has 8 heteroatoms. The molecule has 2 aliphatic heterocycles. The summed E-state index contributed by atoms with van der Waals surface area (Å²) in [7, 11) is 0. The number of hydrogen-bond donors (Lipinski definition) is 1. The van der Waals surface area contributed by atoms with Crippen LogP contribution in [0.15, 0.2) is 72.8 Å². The largest absolute Gasteiger partial charge is 0.315 e. The second-order valence-electron chi connectivity index (χ2n) is 12.5. The van der Waals surface area contributed by atoms with E-state index < -0.39 is 0 Å². The van der Waals surface area contributed by atoms with E-state index in [1.54, 1.807) is 24.3 Å². The van der Waals surface area contributed by atoms with Crippen molar-refractivity contribution in [3.63, 3.8) is 0 Å². The molecule has 0 radical (unpaired) electrons. The quantitative estimate of drug-likeness (QED) is 0.187. The zero-order valence-corrected chi connectivity index (χ0v) is 25.7.